The summed E-state index contributed by atoms with van der Waals surface area (Å²) in [5.41, 5.74) is 3.27. The first-order valence-electron chi connectivity index (χ1n) is 5.56. The maximum absolute atomic E-state index is 13.6. The van der Waals surface area contributed by atoms with Crippen molar-refractivity contribution >= 4 is 5.91 Å². The third kappa shape index (κ3) is 3.60. The van der Waals surface area contributed by atoms with Crippen LogP contribution < -0.4 is 15.8 Å². The third-order valence-electron chi connectivity index (χ3n) is 2.86. The molecule has 0 aliphatic heterocycles. The van der Waals surface area contributed by atoms with Gasteiger partial charge in [-0.25, -0.2) is 4.39 Å². The van der Waals surface area contributed by atoms with Crippen LogP contribution in [0.15, 0.2) is 18.2 Å². The molecule has 1 aromatic rings. The van der Waals surface area contributed by atoms with Gasteiger partial charge < -0.3 is 10.5 Å². The molecule has 0 fully saturated rings. The van der Waals surface area contributed by atoms with Crippen molar-refractivity contribution in [2.75, 3.05) is 13.7 Å². The first-order valence-corrected chi connectivity index (χ1v) is 5.56. The van der Waals surface area contributed by atoms with E-state index in [-0.39, 0.29) is 11.3 Å². The Morgan fingerprint density at radius 1 is 1.40 bits per heavy atom. The fraction of sp³-hybridized carbons (Fsp3) is 0.417. The fourth-order valence-corrected chi connectivity index (χ4v) is 1.59. The Morgan fingerprint density at radius 2 is 2.00 bits per heavy atom. The number of alkyl halides is 3. The molecular formula is C12H14F4N2O2. The van der Waals surface area contributed by atoms with Crippen LogP contribution in [0.2, 0.25) is 0 Å². The van der Waals surface area contributed by atoms with E-state index < -0.39 is 30.0 Å². The van der Waals surface area contributed by atoms with Crippen molar-refractivity contribution in [2.24, 2.45) is 5.73 Å². The highest BCUT2D eigenvalue weighted by molar-refractivity contribution is 5.85. The van der Waals surface area contributed by atoms with Gasteiger partial charge in [0, 0.05) is 0 Å². The summed E-state index contributed by atoms with van der Waals surface area (Å²) in [6.07, 6.45) is -4.53. The van der Waals surface area contributed by atoms with Crippen molar-refractivity contribution in [2.45, 2.75) is 18.6 Å². The molecule has 0 radical (unpaired) electrons. The maximum Gasteiger partial charge on any atom is 0.401 e. The molecule has 0 heterocycles. The van der Waals surface area contributed by atoms with Crippen LogP contribution in [0.1, 0.15) is 12.5 Å². The van der Waals surface area contributed by atoms with Crippen LogP contribution in [0, 0.1) is 5.82 Å². The average molecular weight is 294 g/mol. The summed E-state index contributed by atoms with van der Waals surface area (Å²) in [5.74, 6) is -1.94. The Labute approximate surface area is 112 Å². The first-order chi connectivity index (χ1) is 9.10. The summed E-state index contributed by atoms with van der Waals surface area (Å²) in [7, 11) is 1.24. The van der Waals surface area contributed by atoms with E-state index in [4.69, 9.17) is 10.5 Å². The second-order valence-corrected chi connectivity index (χ2v) is 4.31. The molecule has 0 bridgehead atoms. The fourth-order valence-electron chi connectivity index (χ4n) is 1.59. The number of amides is 1. The van der Waals surface area contributed by atoms with Crippen molar-refractivity contribution in [1.82, 2.24) is 5.32 Å². The van der Waals surface area contributed by atoms with Crippen LogP contribution in [0.5, 0.6) is 5.75 Å². The maximum atomic E-state index is 13.6. The zero-order chi connectivity index (χ0) is 15.6. The molecule has 0 aliphatic carbocycles. The number of methoxy groups -OCH3 is 1. The van der Waals surface area contributed by atoms with Crippen molar-refractivity contribution in [3.63, 3.8) is 0 Å². The Balaban J connectivity index is 3.13. The molecule has 112 valence electrons. The molecule has 0 aliphatic rings. The second kappa shape index (κ2) is 5.66. The summed E-state index contributed by atoms with van der Waals surface area (Å²) < 4.78 is 55.1. The van der Waals surface area contributed by atoms with Gasteiger partial charge in [-0.1, -0.05) is 6.07 Å². The van der Waals surface area contributed by atoms with Crippen LogP contribution in [-0.4, -0.2) is 25.7 Å². The largest absolute Gasteiger partial charge is 0.494 e. The van der Waals surface area contributed by atoms with Crippen LogP contribution in [0.3, 0.4) is 0 Å². The molecule has 0 saturated heterocycles. The quantitative estimate of drug-likeness (QED) is 0.812. The molecule has 0 spiro atoms. The Morgan fingerprint density at radius 3 is 2.40 bits per heavy atom. The van der Waals surface area contributed by atoms with E-state index in [9.17, 15) is 22.4 Å². The minimum atomic E-state index is -4.53. The minimum Gasteiger partial charge on any atom is -0.494 e. The number of rotatable bonds is 5. The molecule has 1 amide bonds. The van der Waals surface area contributed by atoms with Gasteiger partial charge >= 0.3 is 6.18 Å². The normalized spacial score (nSPS) is 14.7. The zero-order valence-corrected chi connectivity index (χ0v) is 10.8. The number of primary amides is 1. The lowest BCUT2D eigenvalue weighted by Crippen LogP contribution is -2.53. The van der Waals surface area contributed by atoms with E-state index in [1.165, 1.54) is 19.2 Å². The number of nitrogens with two attached hydrogens (primary N) is 1. The van der Waals surface area contributed by atoms with Crippen LogP contribution in [0.4, 0.5) is 17.6 Å². The zero-order valence-electron chi connectivity index (χ0n) is 10.8. The Bertz CT molecular complexity index is 505. The van der Waals surface area contributed by atoms with Gasteiger partial charge in [0.25, 0.3) is 0 Å². The van der Waals surface area contributed by atoms with E-state index >= 15 is 0 Å². The lowest BCUT2D eigenvalue weighted by atomic mass is 9.91. The number of carbonyl (C=O) groups excluding carboxylic acids is 1. The average Bonchev–Trinajstić information content (AvgIpc) is 2.34. The highest BCUT2D eigenvalue weighted by Gasteiger charge is 2.38. The molecular weight excluding hydrogens is 280 g/mol. The highest BCUT2D eigenvalue weighted by Crippen LogP contribution is 2.27. The Kier molecular flexibility index (Phi) is 4.59. The number of halogens is 4. The SMILES string of the molecule is COc1ccc(C(C)(NCC(F)(F)F)C(N)=O)cc1F. The lowest BCUT2D eigenvalue weighted by molar-refractivity contribution is -0.135. The lowest BCUT2D eigenvalue weighted by Gasteiger charge is -2.28. The van der Waals surface area contributed by atoms with Gasteiger partial charge in [-0.15, -0.1) is 0 Å². The molecule has 8 heteroatoms. The van der Waals surface area contributed by atoms with Crippen molar-refractivity contribution in [3.8, 4) is 5.75 Å². The number of ether oxygens (including phenoxy) is 1. The first kappa shape index (κ1) is 16.2. The van der Waals surface area contributed by atoms with E-state index in [1.807, 2.05) is 5.32 Å². The van der Waals surface area contributed by atoms with E-state index in [2.05, 4.69) is 0 Å². The number of hydrogen-bond donors (Lipinski definition) is 2. The van der Waals surface area contributed by atoms with Gasteiger partial charge in [-0.2, -0.15) is 13.2 Å². The third-order valence-corrected chi connectivity index (χ3v) is 2.86. The van der Waals surface area contributed by atoms with Crippen LogP contribution in [-0.2, 0) is 10.3 Å². The summed E-state index contributed by atoms with van der Waals surface area (Å²) in [6.45, 7) is -0.275. The van der Waals surface area contributed by atoms with Gasteiger partial charge in [-0.3, -0.25) is 10.1 Å². The molecule has 1 rings (SSSR count). The number of hydrogen-bond acceptors (Lipinski definition) is 3. The van der Waals surface area contributed by atoms with Gasteiger partial charge in [0.15, 0.2) is 11.6 Å². The standard InChI is InChI=1S/C12H14F4N2O2/c1-11(10(17)19,18-6-12(14,15)16)7-3-4-9(20-2)8(13)5-7/h3-5,18H,6H2,1-2H3,(H2,17,19). The van der Waals surface area contributed by atoms with Crippen molar-refractivity contribution in [1.29, 1.82) is 0 Å². The van der Waals surface area contributed by atoms with Gasteiger partial charge in [0.2, 0.25) is 5.91 Å². The van der Waals surface area contributed by atoms with Gasteiger partial charge in [-0.05, 0) is 24.6 Å². The summed E-state index contributed by atoms with van der Waals surface area (Å²) in [4.78, 5) is 11.4. The topological polar surface area (TPSA) is 64.3 Å². The van der Waals surface area contributed by atoms with Crippen LogP contribution >= 0.6 is 0 Å². The number of benzene rings is 1. The van der Waals surface area contributed by atoms with Crippen molar-refractivity contribution in [3.05, 3.63) is 29.6 Å². The summed E-state index contributed by atoms with van der Waals surface area (Å²) >= 11 is 0. The van der Waals surface area contributed by atoms with Gasteiger partial charge in [0.1, 0.15) is 5.54 Å². The molecule has 0 aromatic heterocycles. The Hall–Kier alpha value is -1.83. The molecule has 4 nitrogen and oxygen atoms in total. The smallest absolute Gasteiger partial charge is 0.401 e. The molecule has 3 N–H and O–H groups in total. The second-order valence-electron chi connectivity index (χ2n) is 4.31. The molecule has 1 atom stereocenters. The predicted molar refractivity (Wildman–Crippen MR) is 63.6 cm³/mol. The van der Waals surface area contributed by atoms with E-state index in [0.29, 0.717) is 0 Å². The van der Waals surface area contributed by atoms with Gasteiger partial charge in [0.05, 0.1) is 13.7 Å². The number of carbonyl (C=O) groups is 1. The van der Waals surface area contributed by atoms with Crippen molar-refractivity contribution < 1.29 is 27.1 Å². The highest BCUT2D eigenvalue weighted by atomic mass is 19.4. The molecule has 20 heavy (non-hydrogen) atoms. The monoisotopic (exact) mass is 294 g/mol. The van der Waals surface area contributed by atoms with E-state index in [0.717, 1.165) is 13.0 Å². The molecule has 1 aromatic carbocycles. The number of nitrogens with one attached hydrogen (secondary N) is 1. The molecule has 1 unspecified atom stereocenters. The van der Waals surface area contributed by atoms with Crippen LogP contribution in [0.25, 0.3) is 0 Å². The van der Waals surface area contributed by atoms with E-state index in [1.54, 1.807) is 0 Å². The molecule has 0 saturated carbocycles. The summed E-state index contributed by atoms with van der Waals surface area (Å²) in [5, 5.41) is 2.01. The summed E-state index contributed by atoms with van der Waals surface area (Å²) in [6, 6.07) is 3.39. The minimum absolute atomic E-state index is 0.0208. The predicted octanol–water partition coefficient (Wildman–Crippen LogP) is 1.69.